The van der Waals surface area contributed by atoms with Gasteiger partial charge in [0.25, 0.3) is 5.91 Å². The molecule has 1 atom stereocenters. The number of hydrogen-bond donors (Lipinski definition) is 1. The Bertz CT molecular complexity index is 1380. The molecule has 1 N–H and O–H groups in total. The molecular weight excluding hydrogens is 483 g/mol. The van der Waals surface area contributed by atoms with Gasteiger partial charge in [-0.3, -0.25) is 9.10 Å². The van der Waals surface area contributed by atoms with E-state index in [-0.39, 0.29) is 40.9 Å². The molecule has 0 fully saturated rings. The molecule has 3 aromatic rings. The first kappa shape index (κ1) is 25.5. The Morgan fingerprint density at radius 1 is 1.06 bits per heavy atom. The van der Waals surface area contributed by atoms with E-state index in [0.717, 1.165) is 35.4 Å². The molecule has 190 valence electrons. The number of methoxy groups -OCH3 is 2. The molecule has 36 heavy (non-hydrogen) atoms. The minimum Gasteiger partial charge on any atom is -0.493 e. The molecule has 1 aliphatic rings. The van der Waals surface area contributed by atoms with E-state index in [1.165, 1.54) is 50.1 Å². The van der Waals surface area contributed by atoms with Crippen LogP contribution < -0.4 is 19.1 Å². The Kier molecular flexibility index (Phi) is 7.49. The van der Waals surface area contributed by atoms with Crippen LogP contribution in [0.5, 0.6) is 11.5 Å². The third-order valence-electron chi connectivity index (χ3n) is 6.36. The van der Waals surface area contributed by atoms with Gasteiger partial charge in [-0.05, 0) is 42.5 Å². The van der Waals surface area contributed by atoms with Crippen molar-refractivity contribution in [3.63, 3.8) is 0 Å². The Labute approximate surface area is 210 Å². The van der Waals surface area contributed by atoms with Crippen molar-refractivity contribution in [1.82, 2.24) is 5.32 Å². The van der Waals surface area contributed by atoms with Gasteiger partial charge in [-0.15, -0.1) is 0 Å². The quantitative estimate of drug-likeness (QED) is 0.476. The van der Waals surface area contributed by atoms with Crippen molar-refractivity contribution in [2.45, 2.75) is 31.8 Å². The SMILES string of the molecule is COc1cc(C(=O)NC2CCCc3ccccc32)c(N(Cc2ccccc2F)S(C)(=O)=O)cc1OC. The van der Waals surface area contributed by atoms with Gasteiger partial charge in [0, 0.05) is 11.6 Å². The summed E-state index contributed by atoms with van der Waals surface area (Å²) in [6.07, 6.45) is 3.64. The molecule has 3 aromatic carbocycles. The highest BCUT2D eigenvalue weighted by Gasteiger charge is 2.29. The maximum absolute atomic E-state index is 14.5. The molecule has 0 saturated heterocycles. The molecule has 0 saturated carbocycles. The number of amides is 1. The Morgan fingerprint density at radius 3 is 2.42 bits per heavy atom. The first-order valence-electron chi connectivity index (χ1n) is 11.6. The van der Waals surface area contributed by atoms with Crippen molar-refractivity contribution < 1.29 is 27.1 Å². The number of rotatable bonds is 8. The number of aryl methyl sites for hydroxylation is 1. The Morgan fingerprint density at radius 2 is 1.72 bits per heavy atom. The Hall–Kier alpha value is -3.59. The summed E-state index contributed by atoms with van der Waals surface area (Å²) in [5, 5.41) is 3.07. The number of nitrogens with one attached hydrogen (secondary N) is 1. The summed E-state index contributed by atoms with van der Waals surface area (Å²) in [7, 11) is -1.07. The van der Waals surface area contributed by atoms with E-state index >= 15 is 0 Å². The van der Waals surface area contributed by atoms with Crippen molar-refractivity contribution in [3.05, 3.63) is 88.7 Å². The number of hydrogen-bond acceptors (Lipinski definition) is 5. The van der Waals surface area contributed by atoms with Crippen molar-refractivity contribution >= 4 is 21.6 Å². The summed E-state index contributed by atoms with van der Waals surface area (Å²) in [5.41, 5.74) is 2.55. The fourth-order valence-corrected chi connectivity index (χ4v) is 5.44. The van der Waals surface area contributed by atoms with Crippen LogP contribution >= 0.6 is 0 Å². The van der Waals surface area contributed by atoms with Crippen LogP contribution in [0.2, 0.25) is 0 Å². The predicted molar refractivity (Wildman–Crippen MR) is 137 cm³/mol. The topological polar surface area (TPSA) is 84.9 Å². The maximum atomic E-state index is 14.5. The zero-order valence-corrected chi connectivity index (χ0v) is 21.3. The van der Waals surface area contributed by atoms with Crippen molar-refractivity contribution in [1.29, 1.82) is 0 Å². The van der Waals surface area contributed by atoms with Crippen LogP contribution in [0.3, 0.4) is 0 Å². The van der Waals surface area contributed by atoms with Crippen molar-refractivity contribution in [2.24, 2.45) is 0 Å². The summed E-state index contributed by atoms with van der Waals surface area (Å²) >= 11 is 0. The minimum atomic E-state index is -3.92. The number of carbonyl (C=O) groups excluding carboxylic acids is 1. The molecule has 0 aromatic heterocycles. The van der Waals surface area contributed by atoms with Crippen LogP contribution in [-0.2, 0) is 23.0 Å². The number of nitrogens with zero attached hydrogens (tertiary/aromatic N) is 1. The van der Waals surface area contributed by atoms with Gasteiger partial charge in [-0.2, -0.15) is 0 Å². The number of sulfonamides is 1. The summed E-state index contributed by atoms with van der Waals surface area (Å²) in [4.78, 5) is 13.7. The molecule has 1 aliphatic carbocycles. The highest BCUT2D eigenvalue weighted by Crippen LogP contribution is 2.38. The van der Waals surface area contributed by atoms with Crippen molar-refractivity contribution in [3.8, 4) is 11.5 Å². The van der Waals surface area contributed by atoms with E-state index < -0.39 is 21.7 Å². The summed E-state index contributed by atoms with van der Waals surface area (Å²) in [6, 6.07) is 16.6. The molecule has 4 rings (SSSR count). The van der Waals surface area contributed by atoms with Crippen LogP contribution in [0.1, 0.15) is 45.9 Å². The number of benzene rings is 3. The Balaban J connectivity index is 1.79. The second kappa shape index (κ2) is 10.6. The third kappa shape index (κ3) is 5.31. The molecule has 0 heterocycles. The van der Waals surface area contributed by atoms with Gasteiger partial charge < -0.3 is 14.8 Å². The lowest BCUT2D eigenvalue weighted by atomic mass is 9.87. The largest absolute Gasteiger partial charge is 0.493 e. The first-order chi connectivity index (χ1) is 17.2. The summed E-state index contributed by atoms with van der Waals surface area (Å²) < 4.78 is 52.1. The molecule has 0 radical (unpaired) electrons. The van der Waals surface area contributed by atoms with E-state index in [9.17, 15) is 17.6 Å². The monoisotopic (exact) mass is 512 g/mol. The van der Waals surface area contributed by atoms with Gasteiger partial charge in [0.05, 0.1) is 44.3 Å². The van der Waals surface area contributed by atoms with Gasteiger partial charge in [0.2, 0.25) is 10.0 Å². The standard InChI is InChI=1S/C27H29FN2O5S/c1-34-25-15-21(27(31)29-23-14-8-11-18-9-4-6-12-20(18)23)24(16-26(25)35-2)30(36(3,32)33)17-19-10-5-7-13-22(19)28/h4-7,9-10,12-13,15-16,23H,8,11,14,17H2,1-3H3,(H,29,31). The fraction of sp³-hybridized carbons (Fsp3) is 0.296. The average Bonchev–Trinajstić information content (AvgIpc) is 2.87. The van der Waals surface area contributed by atoms with Gasteiger partial charge in [-0.25, -0.2) is 12.8 Å². The molecule has 0 aliphatic heterocycles. The fourth-order valence-electron chi connectivity index (χ4n) is 4.56. The van der Waals surface area contributed by atoms with Crippen LogP contribution in [0, 0.1) is 5.82 Å². The number of ether oxygens (including phenoxy) is 2. The normalized spacial score (nSPS) is 15.1. The molecule has 1 amide bonds. The molecule has 1 unspecified atom stereocenters. The van der Waals surface area contributed by atoms with Gasteiger partial charge in [0.1, 0.15) is 5.82 Å². The molecule has 7 nitrogen and oxygen atoms in total. The predicted octanol–water partition coefficient (Wildman–Crippen LogP) is 4.62. The smallest absolute Gasteiger partial charge is 0.254 e. The highest BCUT2D eigenvalue weighted by molar-refractivity contribution is 7.92. The molecule has 9 heteroatoms. The van der Waals surface area contributed by atoms with Crippen LogP contribution in [0.4, 0.5) is 10.1 Å². The van der Waals surface area contributed by atoms with E-state index in [1.54, 1.807) is 6.07 Å². The van der Waals surface area contributed by atoms with Crippen molar-refractivity contribution in [2.75, 3.05) is 24.8 Å². The average molecular weight is 513 g/mol. The molecule has 0 spiro atoms. The second-order valence-corrected chi connectivity index (χ2v) is 10.6. The van der Waals surface area contributed by atoms with E-state index in [4.69, 9.17) is 9.47 Å². The van der Waals surface area contributed by atoms with Crippen LogP contribution in [0.15, 0.2) is 60.7 Å². The first-order valence-corrected chi connectivity index (χ1v) is 13.4. The number of anilines is 1. The van der Waals surface area contributed by atoms with Crippen LogP contribution in [-0.4, -0.2) is 34.8 Å². The van der Waals surface area contributed by atoms with Gasteiger partial charge in [-0.1, -0.05) is 42.5 Å². The minimum absolute atomic E-state index is 0.0694. The van der Waals surface area contributed by atoms with Gasteiger partial charge >= 0.3 is 0 Å². The zero-order valence-electron chi connectivity index (χ0n) is 20.5. The van der Waals surface area contributed by atoms with E-state index in [1.807, 2.05) is 18.2 Å². The zero-order chi connectivity index (χ0) is 25.9. The van der Waals surface area contributed by atoms with E-state index in [0.29, 0.717) is 0 Å². The number of fused-ring (bicyclic) bond motifs is 1. The third-order valence-corrected chi connectivity index (χ3v) is 7.49. The summed E-state index contributed by atoms with van der Waals surface area (Å²) in [5.74, 6) is -0.490. The second-order valence-electron chi connectivity index (χ2n) is 8.70. The summed E-state index contributed by atoms with van der Waals surface area (Å²) in [6.45, 7) is -0.298. The lowest BCUT2D eigenvalue weighted by molar-refractivity contribution is 0.0933. The number of carbonyl (C=O) groups is 1. The maximum Gasteiger partial charge on any atom is 0.254 e. The van der Waals surface area contributed by atoms with Gasteiger partial charge in [0.15, 0.2) is 11.5 Å². The molecule has 0 bridgehead atoms. The van der Waals surface area contributed by atoms with Crippen LogP contribution in [0.25, 0.3) is 0 Å². The van der Waals surface area contributed by atoms with E-state index in [2.05, 4.69) is 11.4 Å². The molecular formula is C27H29FN2O5S. The lowest BCUT2D eigenvalue weighted by Gasteiger charge is -2.29. The lowest BCUT2D eigenvalue weighted by Crippen LogP contribution is -2.35. The highest BCUT2D eigenvalue weighted by atomic mass is 32.2. The number of halogens is 1.